The predicted octanol–water partition coefficient (Wildman–Crippen LogP) is 3.47. The van der Waals surface area contributed by atoms with Crippen molar-refractivity contribution in [2.75, 3.05) is 0 Å². The summed E-state index contributed by atoms with van der Waals surface area (Å²) >= 11 is 0. The molecule has 2 unspecified atom stereocenters. The zero-order valence-electron chi connectivity index (χ0n) is 10.4. The van der Waals surface area contributed by atoms with Gasteiger partial charge in [-0.05, 0) is 52.5 Å². The molecule has 2 aliphatic carbocycles. The fraction of sp³-hybridized carbons (Fsp3) is 0.294. The number of hydrogen-bond acceptors (Lipinski definition) is 1. The SMILES string of the molecule is NCc1cccc2c1C1CC1Cc1ccccc1-2. The molecule has 2 aliphatic rings. The molecule has 0 aliphatic heterocycles. The maximum absolute atomic E-state index is 5.93. The van der Waals surface area contributed by atoms with Gasteiger partial charge in [0.15, 0.2) is 0 Å². The van der Waals surface area contributed by atoms with Crippen molar-refractivity contribution in [3.8, 4) is 11.1 Å². The minimum atomic E-state index is 0.661. The van der Waals surface area contributed by atoms with Gasteiger partial charge in [0.25, 0.3) is 0 Å². The van der Waals surface area contributed by atoms with Crippen LogP contribution in [0.2, 0.25) is 0 Å². The maximum Gasteiger partial charge on any atom is 0.0181 e. The van der Waals surface area contributed by atoms with Crippen LogP contribution in [0.25, 0.3) is 11.1 Å². The fourth-order valence-electron chi connectivity index (χ4n) is 3.53. The lowest BCUT2D eigenvalue weighted by molar-refractivity contribution is 0.800. The van der Waals surface area contributed by atoms with Crippen LogP contribution in [0.5, 0.6) is 0 Å². The molecule has 1 nitrogen and oxygen atoms in total. The molecule has 0 radical (unpaired) electrons. The van der Waals surface area contributed by atoms with Crippen molar-refractivity contribution in [1.82, 2.24) is 0 Å². The van der Waals surface area contributed by atoms with Crippen LogP contribution in [0, 0.1) is 5.92 Å². The highest BCUT2D eigenvalue weighted by atomic mass is 14.5. The van der Waals surface area contributed by atoms with Crippen LogP contribution in [0.4, 0.5) is 0 Å². The fourth-order valence-corrected chi connectivity index (χ4v) is 3.53. The number of benzene rings is 2. The van der Waals surface area contributed by atoms with E-state index in [0.717, 1.165) is 11.8 Å². The zero-order valence-corrected chi connectivity index (χ0v) is 10.4. The summed E-state index contributed by atoms with van der Waals surface area (Å²) in [5.74, 6) is 1.60. The molecule has 0 aromatic heterocycles. The Balaban J connectivity index is 2.02. The Hall–Kier alpha value is -1.60. The van der Waals surface area contributed by atoms with Gasteiger partial charge in [-0.25, -0.2) is 0 Å². The van der Waals surface area contributed by atoms with Gasteiger partial charge in [0, 0.05) is 6.54 Å². The molecule has 18 heavy (non-hydrogen) atoms. The Kier molecular flexibility index (Phi) is 2.12. The van der Waals surface area contributed by atoms with Crippen LogP contribution in [-0.2, 0) is 13.0 Å². The molecular weight excluding hydrogens is 218 g/mol. The van der Waals surface area contributed by atoms with Crippen LogP contribution in [0.15, 0.2) is 42.5 Å². The Labute approximate surface area is 108 Å². The first-order valence-electron chi connectivity index (χ1n) is 6.78. The van der Waals surface area contributed by atoms with E-state index in [4.69, 9.17) is 5.73 Å². The van der Waals surface area contributed by atoms with E-state index in [-0.39, 0.29) is 0 Å². The standard InChI is InChI=1S/C17H17N/c18-10-12-5-3-7-15-14-6-2-1-4-11(14)8-13-9-16(13)17(12)15/h1-7,13,16H,8-10,18H2. The predicted molar refractivity (Wildman–Crippen MR) is 74.3 cm³/mol. The van der Waals surface area contributed by atoms with Gasteiger partial charge in [-0.1, -0.05) is 42.5 Å². The number of fused-ring (bicyclic) bond motifs is 5. The van der Waals surface area contributed by atoms with Gasteiger partial charge in [0.2, 0.25) is 0 Å². The minimum Gasteiger partial charge on any atom is -0.326 e. The molecule has 1 heteroatoms. The largest absolute Gasteiger partial charge is 0.326 e. The highest BCUT2D eigenvalue weighted by molar-refractivity contribution is 5.74. The van der Waals surface area contributed by atoms with E-state index in [1.165, 1.54) is 40.7 Å². The van der Waals surface area contributed by atoms with E-state index in [1.807, 2.05) is 0 Å². The average molecular weight is 235 g/mol. The van der Waals surface area contributed by atoms with Crippen molar-refractivity contribution >= 4 is 0 Å². The van der Waals surface area contributed by atoms with Crippen LogP contribution in [0.3, 0.4) is 0 Å². The van der Waals surface area contributed by atoms with Crippen LogP contribution in [-0.4, -0.2) is 0 Å². The molecule has 2 aromatic carbocycles. The lowest BCUT2D eigenvalue weighted by atomic mass is 9.91. The zero-order chi connectivity index (χ0) is 12.1. The highest BCUT2D eigenvalue weighted by Gasteiger charge is 2.42. The summed E-state index contributed by atoms with van der Waals surface area (Å²) in [6, 6.07) is 15.5. The molecule has 1 fully saturated rings. The summed E-state index contributed by atoms with van der Waals surface area (Å²) in [5, 5.41) is 0. The molecule has 2 atom stereocenters. The van der Waals surface area contributed by atoms with E-state index < -0.39 is 0 Å². The van der Waals surface area contributed by atoms with Gasteiger partial charge in [-0.2, -0.15) is 0 Å². The molecule has 0 saturated heterocycles. The Morgan fingerprint density at radius 2 is 1.83 bits per heavy atom. The highest BCUT2D eigenvalue weighted by Crippen LogP contribution is 2.56. The number of nitrogens with two attached hydrogens (primary N) is 1. The van der Waals surface area contributed by atoms with Gasteiger partial charge in [0.1, 0.15) is 0 Å². The topological polar surface area (TPSA) is 26.0 Å². The molecule has 2 N–H and O–H groups in total. The van der Waals surface area contributed by atoms with Gasteiger partial charge in [-0.15, -0.1) is 0 Å². The lowest BCUT2D eigenvalue weighted by Gasteiger charge is -2.14. The molecule has 4 rings (SSSR count). The second-order valence-corrected chi connectivity index (χ2v) is 5.55. The second-order valence-electron chi connectivity index (χ2n) is 5.55. The van der Waals surface area contributed by atoms with Crippen molar-refractivity contribution in [2.45, 2.75) is 25.3 Å². The lowest BCUT2D eigenvalue weighted by Crippen LogP contribution is -2.02. The monoisotopic (exact) mass is 235 g/mol. The molecule has 0 amide bonds. The average Bonchev–Trinajstić information content (AvgIpc) is 3.17. The molecule has 90 valence electrons. The van der Waals surface area contributed by atoms with E-state index in [1.54, 1.807) is 0 Å². The molecule has 0 bridgehead atoms. The maximum atomic E-state index is 5.93. The van der Waals surface area contributed by atoms with Crippen LogP contribution >= 0.6 is 0 Å². The van der Waals surface area contributed by atoms with Gasteiger partial charge in [-0.3, -0.25) is 0 Å². The quantitative estimate of drug-likeness (QED) is 0.804. The van der Waals surface area contributed by atoms with E-state index >= 15 is 0 Å². The van der Waals surface area contributed by atoms with E-state index in [9.17, 15) is 0 Å². The number of hydrogen-bond donors (Lipinski definition) is 1. The summed E-state index contributed by atoms with van der Waals surface area (Å²) in [7, 11) is 0. The van der Waals surface area contributed by atoms with Crippen molar-refractivity contribution < 1.29 is 0 Å². The third kappa shape index (κ3) is 1.37. The third-order valence-corrected chi connectivity index (χ3v) is 4.50. The normalized spacial score (nSPS) is 23.6. The summed E-state index contributed by atoms with van der Waals surface area (Å²) in [4.78, 5) is 0. The Morgan fingerprint density at radius 3 is 2.72 bits per heavy atom. The van der Waals surface area contributed by atoms with E-state index in [2.05, 4.69) is 42.5 Å². The molecule has 0 heterocycles. The van der Waals surface area contributed by atoms with Crippen LogP contribution < -0.4 is 5.73 Å². The summed E-state index contributed by atoms with van der Waals surface area (Å²) in [6.45, 7) is 0.661. The smallest absolute Gasteiger partial charge is 0.0181 e. The van der Waals surface area contributed by atoms with Crippen LogP contribution in [0.1, 0.15) is 29.0 Å². The second kappa shape index (κ2) is 3.69. The Morgan fingerprint density at radius 1 is 1.00 bits per heavy atom. The van der Waals surface area contributed by atoms with Gasteiger partial charge in [0.05, 0.1) is 0 Å². The van der Waals surface area contributed by atoms with E-state index in [0.29, 0.717) is 6.54 Å². The first-order valence-corrected chi connectivity index (χ1v) is 6.78. The molecule has 0 spiro atoms. The number of rotatable bonds is 1. The summed E-state index contributed by atoms with van der Waals surface area (Å²) in [5.41, 5.74) is 13.2. The first-order chi connectivity index (χ1) is 8.88. The van der Waals surface area contributed by atoms with Crippen molar-refractivity contribution in [2.24, 2.45) is 11.7 Å². The van der Waals surface area contributed by atoms with Gasteiger partial charge < -0.3 is 5.73 Å². The Bertz CT molecular complexity index is 615. The third-order valence-electron chi connectivity index (χ3n) is 4.50. The molecule has 1 saturated carbocycles. The first kappa shape index (κ1) is 10.3. The summed E-state index contributed by atoms with van der Waals surface area (Å²) < 4.78 is 0. The summed E-state index contributed by atoms with van der Waals surface area (Å²) in [6.07, 6.45) is 2.58. The van der Waals surface area contributed by atoms with Crippen molar-refractivity contribution in [3.05, 3.63) is 59.2 Å². The molecular formula is C17H17N. The minimum absolute atomic E-state index is 0.661. The van der Waals surface area contributed by atoms with Crippen molar-refractivity contribution in [3.63, 3.8) is 0 Å². The molecule has 2 aromatic rings. The van der Waals surface area contributed by atoms with Crippen molar-refractivity contribution in [1.29, 1.82) is 0 Å². The van der Waals surface area contributed by atoms with Gasteiger partial charge >= 0.3 is 0 Å².